The van der Waals surface area contributed by atoms with Crippen molar-refractivity contribution in [1.29, 1.82) is 0 Å². The third-order valence-electron chi connectivity index (χ3n) is 6.22. The topological polar surface area (TPSA) is 82.1 Å². The number of hydrogen-bond donors (Lipinski definition) is 1. The van der Waals surface area contributed by atoms with Crippen molar-refractivity contribution in [2.45, 2.75) is 84.3 Å². The summed E-state index contributed by atoms with van der Waals surface area (Å²) in [5.41, 5.74) is 1.18. The quantitative estimate of drug-likeness (QED) is 0.726. The molecule has 0 amide bonds. The van der Waals surface area contributed by atoms with E-state index in [1.165, 1.54) is 7.11 Å². The summed E-state index contributed by atoms with van der Waals surface area (Å²) in [5, 5.41) is 11.0. The zero-order chi connectivity index (χ0) is 21.5. The molecule has 0 aromatic heterocycles. The number of esters is 1. The molecule has 1 aromatic carbocycles. The fourth-order valence-electron chi connectivity index (χ4n) is 4.30. The predicted octanol–water partition coefficient (Wildman–Crippen LogP) is 4.54. The minimum Gasteiger partial charge on any atom is -0.507 e. The largest absolute Gasteiger partial charge is 0.507 e. The molecule has 1 aromatic rings. The Hall–Kier alpha value is -2.24. The van der Waals surface area contributed by atoms with Crippen molar-refractivity contribution >= 4 is 11.8 Å². The number of Topliss-reactive ketones (excluding diaryl/α,β-unsaturated/α-hetero) is 1. The van der Waals surface area contributed by atoms with E-state index < -0.39 is 5.60 Å². The summed E-state index contributed by atoms with van der Waals surface area (Å²) in [6, 6.07) is 0. The predicted molar refractivity (Wildman–Crippen MR) is 109 cm³/mol. The van der Waals surface area contributed by atoms with Gasteiger partial charge in [0, 0.05) is 17.0 Å². The van der Waals surface area contributed by atoms with Crippen LogP contribution in [0, 0.1) is 5.92 Å². The van der Waals surface area contributed by atoms with Gasteiger partial charge in [-0.3, -0.25) is 9.59 Å². The summed E-state index contributed by atoms with van der Waals surface area (Å²) in [5.74, 6) is -0.128. The molecule has 160 valence electrons. The summed E-state index contributed by atoms with van der Waals surface area (Å²) < 4.78 is 17.4. The number of ketones is 1. The number of benzene rings is 1. The van der Waals surface area contributed by atoms with Gasteiger partial charge >= 0.3 is 5.97 Å². The van der Waals surface area contributed by atoms with Crippen LogP contribution in [0.15, 0.2) is 0 Å². The second-order valence-electron chi connectivity index (χ2n) is 8.88. The van der Waals surface area contributed by atoms with Crippen LogP contribution in [0.4, 0.5) is 0 Å². The molecule has 0 unspecified atom stereocenters. The number of phenolic OH excluding ortho intramolecular Hbond substituents is 1. The minimum atomic E-state index is -0.415. The first-order valence-electron chi connectivity index (χ1n) is 10.5. The summed E-state index contributed by atoms with van der Waals surface area (Å²) in [6.45, 7) is 9.72. The fourth-order valence-corrected chi connectivity index (χ4v) is 4.30. The van der Waals surface area contributed by atoms with Gasteiger partial charge in [0.2, 0.25) is 0 Å². The van der Waals surface area contributed by atoms with E-state index in [-0.39, 0.29) is 47.4 Å². The van der Waals surface area contributed by atoms with E-state index in [0.717, 1.165) is 18.4 Å². The molecule has 0 bridgehead atoms. The first kappa shape index (κ1) is 21.5. The van der Waals surface area contributed by atoms with Gasteiger partial charge in [0.15, 0.2) is 5.78 Å². The Labute approximate surface area is 172 Å². The molecular weight excluding hydrogens is 372 g/mol. The van der Waals surface area contributed by atoms with Crippen LogP contribution in [0.2, 0.25) is 0 Å². The van der Waals surface area contributed by atoms with Crippen molar-refractivity contribution in [2.24, 2.45) is 5.92 Å². The smallest absolute Gasteiger partial charge is 0.306 e. The number of fused-ring (bicyclic) bond motifs is 2. The molecule has 29 heavy (non-hydrogen) atoms. The molecule has 1 N–H and O–H groups in total. The zero-order valence-electron chi connectivity index (χ0n) is 18.3. The molecule has 0 spiro atoms. The van der Waals surface area contributed by atoms with Gasteiger partial charge in [0.05, 0.1) is 19.4 Å². The van der Waals surface area contributed by atoms with Crippen molar-refractivity contribution in [3.63, 3.8) is 0 Å². The number of phenols is 1. The van der Waals surface area contributed by atoms with Gasteiger partial charge in [-0.1, -0.05) is 20.3 Å². The molecule has 0 fully saturated rings. The maximum atomic E-state index is 13.1. The highest BCUT2D eigenvalue weighted by molar-refractivity contribution is 6.05. The molecule has 0 saturated heterocycles. The molecule has 0 aliphatic carbocycles. The van der Waals surface area contributed by atoms with Crippen molar-refractivity contribution in [3.05, 3.63) is 16.7 Å². The Morgan fingerprint density at radius 3 is 2.62 bits per heavy atom. The Balaban J connectivity index is 2.29. The summed E-state index contributed by atoms with van der Waals surface area (Å²) in [6.07, 6.45) is 2.71. The third kappa shape index (κ3) is 3.81. The molecule has 3 atom stereocenters. The lowest BCUT2D eigenvalue weighted by molar-refractivity contribution is -0.141. The Morgan fingerprint density at radius 1 is 1.31 bits per heavy atom. The van der Waals surface area contributed by atoms with E-state index >= 15 is 0 Å². The third-order valence-corrected chi connectivity index (χ3v) is 6.22. The van der Waals surface area contributed by atoms with Gasteiger partial charge in [0.1, 0.15) is 34.5 Å². The van der Waals surface area contributed by atoms with Crippen molar-refractivity contribution in [1.82, 2.24) is 0 Å². The number of rotatable bonds is 5. The molecule has 6 heteroatoms. The van der Waals surface area contributed by atoms with E-state index in [9.17, 15) is 14.7 Å². The van der Waals surface area contributed by atoms with Crippen molar-refractivity contribution in [2.75, 3.05) is 7.11 Å². The first-order valence-corrected chi connectivity index (χ1v) is 10.5. The van der Waals surface area contributed by atoms with Gasteiger partial charge in [-0.15, -0.1) is 0 Å². The highest BCUT2D eigenvalue weighted by atomic mass is 16.5. The second-order valence-corrected chi connectivity index (χ2v) is 8.88. The van der Waals surface area contributed by atoms with E-state index in [1.807, 2.05) is 34.6 Å². The number of aromatic hydroxyl groups is 1. The average molecular weight is 405 g/mol. The van der Waals surface area contributed by atoms with Crippen LogP contribution in [-0.4, -0.2) is 35.7 Å². The molecular formula is C23H32O6. The van der Waals surface area contributed by atoms with E-state index in [4.69, 9.17) is 14.2 Å². The van der Waals surface area contributed by atoms with Gasteiger partial charge < -0.3 is 19.3 Å². The lowest BCUT2D eigenvalue weighted by atomic mass is 9.80. The summed E-state index contributed by atoms with van der Waals surface area (Å²) in [7, 11) is 1.37. The van der Waals surface area contributed by atoms with Crippen molar-refractivity contribution in [3.8, 4) is 17.2 Å². The minimum absolute atomic E-state index is 0.0358. The van der Waals surface area contributed by atoms with Crippen LogP contribution >= 0.6 is 0 Å². The van der Waals surface area contributed by atoms with Crippen molar-refractivity contribution < 1.29 is 28.9 Å². The molecule has 2 heterocycles. The Kier molecular flexibility index (Phi) is 5.84. The van der Waals surface area contributed by atoms with Crippen LogP contribution in [0.3, 0.4) is 0 Å². The average Bonchev–Trinajstić information content (AvgIpc) is 2.65. The normalized spacial score (nSPS) is 23.3. The van der Waals surface area contributed by atoms with Gasteiger partial charge in [0.25, 0.3) is 0 Å². The van der Waals surface area contributed by atoms with Gasteiger partial charge in [-0.25, -0.2) is 0 Å². The molecule has 0 radical (unpaired) electrons. The molecule has 2 aliphatic heterocycles. The zero-order valence-corrected chi connectivity index (χ0v) is 18.3. The highest BCUT2D eigenvalue weighted by Crippen LogP contribution is 2.54. The number of methoxy groups -OCH3 is 1. The lowest BCUT2D eigenvalue weighted by Gasteiger charge is -2.39. The number of ether oxygens (including phenoxy) is 3. The SMILES string of the molecule is CCC[C@H](CC(=O)OC)c1c2c(c(O)c3c1O[C@H](C)[C@@H](C)C3=O)CCC(C)(C)O2. The standard InChI is InChI=1S/C23H32O6/c1-7-8-14(11-16(24)27-6)17-21-15(9-10-23(4,5)29-21)20(26)18-19(25)12(2)13(3)28-22(17)18/h12-14,26H,7-11H2,1-6H3/t12-,13-,14-/m1/s1. The molecule has 2 aliphatic rings. The van der Waals surface area contributed by atoms with Crippen LogP contribution in [0.5, 0.6) is 17.2 Å². The number of carbonyl (C=O) groups excluding carboxylic acids is 2. The second kappa shape index (κ2) is 7.88. The van der Waals surface area contributed by atoms with E-state index in [0.29, 0.717) is 29.9 Å². The van der Waals surface area contributed by atoms with Crippen LogP contribution in [0.1, 0.15) is 87.7 Å². The lowest BCUT2D eigenvalue weighted by Crippen LogP contribution is -2.37. The maximum Gasteiger partial charge on any atom is 0.306 e. The van der Waals surface area contributed by atoms with Crippen LogP contribution < -0.4 is 9.47 Å². The van der Waals surface area contributed by atoms with E-state index in [2.05, 4.69) is 0 Å². The molecule has 3 rings (SSSR count). The van der Waals surface area contributed by atoms with Crippen LogP contribution in [-0.2, 0) is 16.0 Å². The first-order chi connectivity index (χ1) is 13.6. The maximum absolute atomic E-state index is 13.1. The number of hydrogen-bond acceptors (Lipinski definition) is 6. The molecule has 0 saturated carbocycles. The Bertz CT molecular complexity index is 825. The van der Waals surface area contributed by atoms with Crippen LogP contribution in [0.25, 0.3) is 0 Å². The van der Waals surface area contributed by atoms with Gasteiger partial charge in [-0.05, 0) is 40.0 Å². The fraction of sp³-hybridized carbons (Fsp3) is 0.652. The van der Waals surface area contributed by atoms with Gasteiger partial charge in [-0.2, -0.15) is 0 Å². The Morgan fingerprint density at radius 2 is 2.00 bits per heavy atom. The number of carbonyl (C=O) groups is 2. The highest BCUT2D eigenvalue weighted by Gasteiger charge is 2.43. The summed E-state index contributed by atoms with van der Waals surface area (Å²) in [4.78, 5) is 25.3. The van der Waals surface area contributed by atoms with E-state index in [1.54, 1.807) is 0 Å². The monoisotopic (exact) mass is 404 g/mol. The summed E-state index contributed by atoms with van der Waals surface area (Å²) >= 11 is 0. The molecule has 6 nitrogen and oxygen atoms in total.